The third kappa shape index (κ3) is 3.40. The Balaban J connectivity index is 1.78. The van der Waals surface area contributed by atoms with Crippen molar-refractivity contribution in [2.45, 2.75) is 20.8 Å². The molecular formula is C17H17N5O2. The van der Waals surface area contributed by atoms with E-state index in [-0.39, 0.29) is 17.5 Å². The van der Waals surface area contributed by atoms with Gasteiger partial charge >= 0.3 is 0 Å². The van der Waals surface area contributed by atoms with Crippen molar-refractivity contribution in [2.75, 3.05) is 10.6 Å². The Morgan fingerprint density at radius 2 is 2.00 bits per heavy atom. The van der Waals surface area contributed by atoms with Crippen molar-refractivity contribution in [1.29, 1.82) is 0 Å². The first-order valence-electron chi connectivity index (χ1n) is 7.44. The molecule has 24 heavy (non-hydrogen) atoms. The number of aryl methyl sites for hydroxylation is 2. The summed E-state index contributed by atoms with van der Waals surface area (Å²) < 4.78 is 4.97. The lowest BCUT2D eigenvalue weighted by Crippen LogP contribution is -2.15. The first-order valence-corrected chi connectivity index (χ1v) is 7.44. The third-order valence-electron chi connectivity index (χ3n) is 3.61. The van der Waals surface area contributed by atoms with E-state index in [1.807, 2.05) is 32.0 Å². The molecule has 2 N–H and O–H groups in total. The first-order chi connectivity index (χ1) is 11.5. The second kappa shape index (κ2) is 6.49. The maximum atomic E-state index is 12.4. The average molecular weight is 323 g/mol. The molecule has 2 heterocycles. The molecule has 0 saturated carbocycles. The number of rotatable bonds is 4. The van der Waals surface area contributed by atoms with Crippen LogP contribution >= 0.6 is 0 Å². The molecule has 0 aliphatic carbocycles. The highest BCUT2D eigenvalue weighted by atomic mass is 16.5. The molecule has 0 bridgehead atoms. The number of amides is 1. The minimum Gasteiger partial charge on any atom is -0.360 e. The smallest absolute Gasteiger partial charge is 0.274 e. The van der Waals surface area contributed by atoms with Gasteiger partial charge < -0.3 is 15.2 Å². The molecule has 0 radical (unpaired) electrons. The summed E-state index contributed by atoms with van der Waals surface area (Å²) in [5.74, 6) is 1.13. The van der Waals surface area contributed by atoms with E-state index >= 15 is 0 Å². The Labute approximate surface area is 139 Å². The number of benzene rings is 1. The Hall–Kier alpha value is -3.22. The zero-order chi connectivity index (χ0) is 17.1. The van der Waals surface area contributed by atoms with Crippen LogP contribution in [0.5, 0.6) is 0 Å². The largest absolute Gasteiger partial charge is 0.360 e. The van der Waals surface area contributed by atoms with Gasteiger partial charge in [-0.05, 0) is 44.0 Å². The van der Waals surface area contributed by atoms with Crippen molar-refractivity contribution in [3.63, 3.8) is 0 Å². The number of carbonyl (C=O) groups is 1. The monoisotopic (exact) mass is 323 g/mol. The fraction of sp³-hybridized carbons (Fsp3) is 0.176. The van der Waals surface area contributed by atoms with Crippen LogP contribution in [0.1, 0.15) is 27.4 Å². The molecule has 3 rings (SSSR count). The number of hydrogen-bond acceptors (Lipinski definition) is 6. The molecule has 7 heteroatoms. The number of anilines is 3. The molecular weight excluding hydrogens is 306 g/mol. The zero-order valence-corrected chi connectivity index (χ0v) is 13.6. The van der Waals surface area contributed by atoms with Crippen LogP contribution in [0, 0.1) is 20.8 Å². The molecule has 1 amide bonds. The van der Waals surface area contributed by atoms with Crippen molar-refractivity contribution < 1.29 is 9.32 Å². The lowest BCUT2D eigenvalue weighted by atomic mass is 10.1. The molecule has 0 spiro atoms. The van der Waals surface area contributed by atoms with Crippen LogP contribution < -0.4 is 10.6 Å². The van der Waals surface area contributed by atoms with Gasteiger partial charge in [0, 0.05) is 18.0 Å². The Morgan fingerprint density at radius 1 is 1.17 bits per heavy atom. The zero-order valence-electron chi connectivity index (χ0n) is 13.6. The summed E-state index contributed by atoms with van der Waals surface area (Å²) >= 11 is 0. The molecule has 0 atom stereocenters. The lowest BCUT2D eigenvalue weighted by molar-refractivity contribution is 0.102. The summed E-state index contributed by atoms with van der Waals surface area (Å²) in [6, 6.07) is 9.03. The normalized spacial score (nSPS) is 10.5. The van der Waals surface area contributed by atoms with Crippen molar-refractivity contribution in [3.05, 3.63) is 59.1 Å². The Kier molecular flexibility index (Phi) is 4.24. The second-order valence-electron chi connectivity index (χ2n) is 5.41. The highest BCUT2D eigenvalue weighted by molar-refractivity contribution is 6.03. The van der Waals surface area contributed by atoms with E-state index in [1.165, 1.54) is 6.20 Å². The van der Waals surface area contributed by atoms with Crippen LogP contribution in [-0.2, 0) is 0 Å². The van der Waals surface area contributed by atoms with Gasteiger partial charge in [0.25, 0.3) is 5.91 Å². The highest BCUT2D eigenvalue weighted by Crippen LogP contribution is 2.19. The molecule has 1 aromatic carbocycles. The molecule has 122 valence electrons. The summed E-state index contributed by atoms with van der Waals surface area (Å²) in [5, 5.41) is 9.58. The SMILES string of the molecule is Cc1cc(Nc2nccc(C(=O)Nc3cccc(C)c3C)n2)no1. The summed E-state index contributed by atoms with van der Waals surface area (Å²) in [6.07, 6.45) is 1.51. The van der Waals surface area contributed by atoms with E-state index in [0.29, 0.717) is 11.6 Å². The van der Waals surface area contributed by atoms with E-state index in [9.17, 15) is 4.79 Å². The van der Waals surface area contributed by atoms with Crippen LogP contribution in [0.4, 0.5) is 17.5 Å². The van der Waals surface area contributed by atoms with Gasteiger partial charge in [0.1, 0.15) is 11.5 Å². The van der Waals surface area contributed by atoms with Gasteiger partial charge in [0.05, 0.1) is 0 Å². The fourth-order valence-electron chi connectivity index (χ4n) is 2.16. The molecule has 7 nitrogen and oxygen atoms in total. The number of carbonyl (C=O) groups excluding carboxylic acids is 1. The quantitative estimate of drug-likeness (QED) is 0.764. The first kappa shape index (κ1) is 15.7. The molecule has 0 aliphatic rings. The van der Waals surface area contributed by atoms with Crippen molar-refractivity contribution in [2.24, 2.45) is 0 Å². The molecule has 0 aliphatic heterocycles. The van der Waals surface area contributed by atoms with Gasteiger partial charge in [-0.2, -0.15) is 0 Å². The van der Waals surface area contributed by atoms with Gasteiger partial charge in [-0.3, -0.25) is 4.79 Å². The number of nitrogens with one attached hydrogen (secondary N) is 2. The number of nitrogens with zero attached hydrogens (tertiary/aromatic N) is 3. The molecule has 0 saturated heterocycles. The summed E-state index contributed by atoms with van der Waals surface area (Å²) in [6.45, 7) is 5.75. The van der Waals surface area contributed by atoms with E-state index < -0.39 is 0 Å². The van der Waals surface area contributed by atoms with Gasteiger partial charge in [-0.15, -0.1) is 0 Å². The Bertz CT molecular complexity index is 888. The predicted molar refractivity (Wildman–Crippen MR) is 90.4 cm³/mol. The molecule has 0 fully saturated rings. The van der Waals surface area contributed by atoms with Crippen LogP contribution in [0.3, 0.4) is 0 Å². The van der Waals surface area contributed by atoms with E-state index in [4.69, 9.17) is 4.52 Å². The van der Waals surface area contributed by atoms with Crippen LogP contribution in [0.2, 0.25) is 0 Å². The molecule has 3 aromatic rings. The maximum Gasteiger partial charge on any atom is 0.274 e. The van der Waals surface area contributed by atoms with Crippen molar-refractivity contribution in [3.8, 4) is 0 Å². The number of hydrogen-bond donors (Lipinski definition) is 2. The van der Waals surface area contributed by atoms with Gasteiger partial charge in [-0.25, -0.2) is 9.97 Å². The van der Waals surface area contributed by atoms with Gasteiger partial charge in [-0.1, -0.05) is 17.3 Å². The van der Waals surface area contributed by atoms with Crippen molar-refractivity contribution in [1.82, 2.24) is 15.1 Å². The molecule has 0 unspecified atom stereocenters. The summed E-state index contributed by atoms with van der Waals surface area (Å²) in [7, 11) is 0. The van der Waals surface area contributed by atoms with E-state index in [2.05, 4.69) is 25.8 Å². The Morgan fingerprint density at radius 3 is 2.75 bits per heavy atom. The lowest BCUT2D eigenvalue weighted by Gasteiger charge is -2.10. The summed E-state index contributed by atoms with van der Waals surface area (Å²) in [5.41, 5.74) is 3.16. The van der Waals surface area contributed by atoms with Crippen LogP contribution in [-0.4, -0.2) is 21.0 Å². The fourth-order valence-corrected chi connectivity index (χ4v) is 2.16. The van der Waals surface area contributed by atoms with E-state index in [0.717, 1.165) is 16.8 Å². The number of aromatic nitrogens is 3. The van der Waals surface area contributed by atoms with Crippen LogP contribution in [0.25, 0.3) is 0 Å². The molecule has 2 aromatic heterocycles. The topological polar surface area (TPSA) is 92.9 Å². The average Bonchev–Trinajstić information content (AvgIpc) is 2.97. The van der Waals surface area contributed by atoms with Crippen LogP contribution in [0.15, 0.2) is 41.1 Å². The van der Waals surface area contributed by atoms with E-state index in [1.54, 1.807) is 19.1 Å². The third-order valence-corrected chi connectivity index (χ3v) is 3.61. The maximum absolute atomic E-state index is 12.4. The van der Waals surface area contributed by atoms with Crippen molar-refractivity contribution >= 4 is 23.4 Å². The standard InChI is InChI=1S/C17H17N5O2/c1-10-5-4-6-13(12(10)3)19-16(23)14-7-8-18-17(20-14)21-15-9-11(2)24-22-15/h4-9H,1-3H3,(H,19,23)(H,18,20,21,22). The second-order valence-corrected chi connectivity index (χ2v) is 5.41. The van der Waals surface area contributed by atoms with Gasteiger partial charge in [0.2, 0.25) is 5.95 Å². The minimum absolute atomic E-state index is 0.258. The minimum atomic E-state index is -0.300. The van der Waals surface area contributed by atoms with Gasteiger partial charge in [0.15, 0.2) is 5.82 Å². The highest BCUT2D eigenvalue weighted by Gasteiger charge is 2.12. The predicted octanol–water partition coefficient (Wildman–Crippen LogP) is 3.39. The summed E-state index contributed by atoms with van der Waals surface area (Å²) in [4.78, 5) is 20.7.